The van der Waals surface area contributed by atoms with Crippen LogP contribution in [0.1, 0.15) is 5.56 Å². The molecule has 0 saturated carbocycles. The Bertz CT molecular complexity index is 745. The third-order valence-electron chi connectivity index (χ3n) is 2.54. The van der Waals surface area contributed by atoms with E-state index in [2.05, 4.69) is 14.7 Å². The molecule has 0 unspecified atom stereocenters. The van der Waals surface area contributed by atoms with E-state index in [9.17, 15) is 8.42 Å². The second kappa shape index (κ2) is 5.43. The summed E-state index contributed by atoms with van der Waals surface area (Å²) in [6.45, 7) is 1.71. The van der Waals surface area contributed by atoms with E-state index in [1.165, 1.54) is 18.2 Å². The third-order valence-corrected chi connectivity index (χ3v) is 4.46. The first kappa shape index (κ1) is 14.8. The lowest BCUT2D eigenvalue weighted by molar-refractivity contribution is 0.601. The molecule has 3 N–H and O–H groups in total. The SMILES string of the molecule is Cc1cc(S(=O)(=O)Nc2c(Cl)ncnc2Cl)ccc1N. The fourth-order valence-corrected chi connectivity index (χ4v) is 3.12. The number of anilines is 2. The van der Waals surface area contributed by atoms with Crippen molar-refractivity contribution in [3.63, 3.8) is 0 Å². The Morgan fingerprint density at radius 2 is 1.80 bits per heavy atom. The summed E-state index contributed by atoms with van der Waals surface area (Å²) in [5.74, 6) is 0. The fraction of sp³-hybridized carbons (Fsp3) is 0.0909. The van der Waals surface area contributed by atoms with Gasteiger partial charge in [-0.3, -0.25) is 4.72 Å². The molecule has 0 aliphatic carbocycles. The molecule has 9 heteroatoms. The zero-order valence-corrected chi connectivity index (χ0v) is 12.6. The minimum Gasteiger partial charge on any atom is -0.399 e. The summed E-state index contributed by atoms with van der Waals surface area (Å²) in [4.78, 5) is 7.39. The number of rotatable bonds is 3. The first-order valence-corrected chi connectivity index (χ1v) is 7.60. The van der Waals surface area contributed by atoms with Crippen molar-refractivity contribution in [2.45, 2.75) is 11.8 Å². The molecule has 1 aromatic heterocycles. The van der Waals surface area contributed by atoms with Gasteiger partial charge < -0.3 is 5.73 Å². The smallest absolute Gasteiger partial charge is 0.262 e. The van der Waals surface area contributed by atoms with Crippen LogP contribution in [0.25, 0.3) is 0 Å². The standard InChI is InChI=1S/C11H10Cl2N4O2S/c1-6-4-7(2-3-8(6)14)20(18,19)17-9-10(12)15-5-16-11(9)13/h2-5,17H,14H2,1H3. The number of nitrogens with zero attached hydrogens (tertiary/aromatic N) is 2. The summed E-state index contributed by atoms with van der Waals surface area (Å²) < 4.78 is 26.7. The molecule has 0 atom stereocenters. The second-order valence-corrected chi connectivity index (χ2v) is 6.35. The van der Waals surface area contributed by atoms with Gasteiger partial charge >= 0.3 is 0 Å². The van der Waals surface area contributed by atoms with E-state index in [1.807, 2.05) is 0 Å². The first-order valence-electron chi connectivity index (χ1n) is 5.36. The van der Waals surface area contributed by atoms with E-state index < -0.39 is 10.0 Å². The Morgan fingerprint density at radius 1 is 1.20 bits per heavy atom. The summed E-state index contributed by atoms with van der Waals surface area (Å²) in [6.07, 6.45) is 1.13. The van der Waals surface area contributed by atoms with Gasteiger partial charge in [-0.1, -0.05) is 23.2 Å². The topological polar surface area (TPSA) is 98.0 Å². The number of hydrogen-bond acceptors (Lipinski definition) is 5. The summed E-state index contributed by atoms with van der Waals surface area (Å²) in [6, 6.07) is 4.34. The van der Waals surface area contributed by atoms with Gasteiger partial charge in [0.1, 0.15) is 12.0 Å². The zero-order valence-electron chi connectivity index (χ0n) is 10.3. The van der Waals surface area contributed by atoms with Gasteiger partial charge in [0.05, 0.1) is 4.90 Å². The molecule has 0 aliphatic rings. The van der Waals surface area contributed by atoms with Crippen LogP contribution < -0.4 is 10.5 Å². The number of nitrogens with one attached hydrogen (secondary N) is 1. The summed E-state index contributed by atoms with van der Waals surface area (Å²) in [7, 11) is -3.85. The maximum atomic E-state index is 12.2. The van der Waals surface area contributed by atoms with Gasteiger partial charge in [0, 0.05) is 5.69 Å². The number of aryl methyl sites for hydroxylation is 1. The average Bonchev–Trinajstić information content (AvgIpc) is 2.37. The van der Waals surface area contributed by atoms with Crippen molar-refractivity contribution in [1.29, 1.82) is 0 Å². The lowest BCUT2D eigenvalue weighted by atomic mass is 10.2. The van der Waals surface area contributed by atoms with Crippen molar-refractivity contribution in [3.8, 4) is 0 Å². The van der Waals surface area contributed by atoms with Crippen LogP contribution >= 0.6 is 23.2 Å². The molecule has 0 radical (unpaired) electrons. The molecular weight excluding hydrogens is 323 g/mol. The van der Waals surface area contributed by atoms with Crippen LogP contribution in [0.5, 0.6) is 0 Å². The summed E-state index contributed by atoms with van der Waals surface area (Å²) in [5.41, 5.74) is 6.74. The number of sulfonamides is 1. The Labute approximate surface area is 126 Å². The molecule has 1 aromatic carbocycles. The number of benzene rings is 1. The minimum absolute atomic E-state index is 0.0418. The molecule has 0 fully saturated rings. The van der Waals surface area contributed by atoms with Gasteiger partial charge in [0.15, 0.2) is 10.3 Å². The van der Waals surface area contributed by atoms with Gasteiger partial charge in [0.2, 0.25) is 0 Å². The van der Waals surface area contributed by atoms with Gasteiger partial charge in [-0.2, -0.15) is 0 Å². The van der Waals surface area contributed by atoms with Gasteiger partial charge in [-0.25, -0.2) is 18.4 Å². The molecule has 0 saturated heterocycles. The van der Waals surface area contributed by atoms with Crippen LogP contribution in [-0.4, -0.2) is 18.4 Å². The number of halogens is 2. The van der Waals surface area contributed by atoms with Crippen LogP contribution in [-0.2, 0) is 10.0 Å². The maximum absolute atomic E-state index is 12.2. The Morgan fingerprint density at radius 3 is 2.35 bits per heavy atom. The van der Waals surface area contributed by atoms with Gasteiger partial charge in [-0.15, -0.1) is 0 Å². The van der Waals surface area contributed by atoms with Crippen molar-refractivity contribution in [2.24, 2.45) is 0 Å². The van der Waals surface area contributed by atoms with Crippen molar-refractivity contribution in [3.05, 3.63) is 40.4 Å². The van der Waals surface area contributed by atoms with E-state index in [4.69, 9.17) is 28.9 Å². The highest BCUT2D eigenvalue weighted by atomic mass is 35.5. The number of hydrogen-bond donors (Lipinski definition) is 2. The van der Waals surface area contributed by atoms with Crippen molar-refractivity contribution >= 4 is 44.6 Å². The van der Waals surface area contributed by atoms with Gasteiger partial charge in [-0.05, 0) is 30.7 Å². The first-order chi connectivity index (χ1) is 9.31. The highest BCUT2D eigenvalue weighted by Gasteiger charge is 2.19. The number of nitrogen functional groups attached to an aromatic ring is 1. The lowest BCUT2D eigenvalue weighted by Crippen LogP contribution is -2.14. The Balaban J connectivity index is 2.43. The monoisotopic (exact) mass is 332 g/mol. The van der Waals surface area contributed by atoms with Crippen LogP contribution in [0.3, 0.4) is 0 Å². The van der Waals surface area contributed by atoms with E-state index in [-0.39, 0.29) is 20.9 Å². The Kier molecular flexibility index (Phi) is 4.03. The van der Waals surface area contributed by atoms with Crippen LogP contribution in [0.15, 0.2) is 29.4 Å². The van der Waals surface area contributed by atoms with Crippen LogP contribution in [0, 0.1) is 6.92 Å². The van der Waals surface area contributed by atoms with E-state index in [0.29, 0.717) is 11.3 Å². The highest BCUT2D eigenvalue weighted by molar-refractivity contribution is 7.92. The number of aromatic nitrogens is 2. The molecule has 0 amide bonds. The molecule has 2 aromatic rings. The predicted octanol–water partition coefficient (Wildman–Crippen LogP) is 2.47. The second-order valence-electron chi connectivity index (χ2n) is 3.95. The zero-order chi connectivity index (χ0) is 14.9. The quantitative estimate of drug-likeness (QED) is 0.664. The van der Waals surface area contributed by atoms with E-state index in [0.717, 1.165) is 6.33 Å². The molecule has 1 heterocycles. The molecule has 106 valence electrons. The fourth-order valence-electron chi connectivity index (χ4n) is 1.44. The summed E-state index contributed by atoms with van der Waals surface area (Å²) in [5, 5.41) is -0.165. The van der Waals surface area contributed by atoms with E-state index >= 15 is 0 Å². The Hall–Kier alpha value is -1.57. The normalized spacial score (nSPS) is 11.3. The molecule has 2 rings (SSSR count). The van der Waals surface area contributed by atoms with Crippen molar-refractivity contribution in [2.75, 3.05) is 10.5 Å². The van der Waals surface area contributed by atoms with Crippen molar-refractivity contribution < 1.29 is 8.42 Å². The minimum atomic E-state index is -3.85. The van der Waals surface area contributed by atoms with Gasteiger partial charge in [0.25, 0.3) is 10.0 Å². The van der Waals surface area contributed by atoms with E-state index in [1.54, 1.807) is 6.92 Å². The largest absolute Gasteiger partial charge is 0.399 e. The molecule has 0 aliphatic heterocycles. The van der Waals surface area contributed by atoms with Crippen molar-refractivity contribution in [1.82, 2.24) is 9.97 Å². The average molecular weight is 333 g/mol. The highest BCUT2D eigenvalue weighted by Crippen LogP contribution is 2.28. The maximum Gasteiger partial charge on any atom is 0.262 e. The number of nitrogens with two attached hydrogens (primary N) is 1. The van der Waals surface area contributed by atoms with Crippen LogP contribution in [0.4, 0.5) is 11.4 Å². The third kappa shape index (κ3) is 2.95. The molecule has 0 spiro atoms. The summed E-state index contributed by atoms with van der Waals surface area (Å²) >= 11 is 11.6. The predicted molar refractivity (Wildman–Crippen MR) is 78.5 cm³/mol. The molecule has 20 heavy (non-hydrogen) atoms. The van der Waals surface area contributed by atoms with Crippen LogP contribution in [0.2, 0.25) is 10.3 Å². The molecular formula is C11H10Cl2N4O2S. The molecule has 0 bridgehead atoms. The lowest BCUT2D eigenvalue weighted by Gasteiger charge is -2.11. The molecule has 6 nitrogen and oxygen atoms in total.